The maximum Gasteiger partial charge on any atom is 0.134 e. The van der Waals surface area contributed by atoms with E-state index in [0.717, 1.165) is 28.9 Å². The second-order valence-corrected chi connectivity index (χ2v) is 4.87. The van der Waals surface area contributed by atoms with Gasteiger partial charge in [-0.15, -0.1) is 0 Å². The number of ether oxygens (including phenoxy) is 2. The van der Waals surface area contributed by atoms with Crippen molar-refractivity contribution in [2.24, 2.45) is 0 Å². The third-order valence-corrected chi connectivity index (χ3v) is 3.43. The Kier molecular flexibility index (Phi) is 4.25. The molecule has 1 aliphatic heterocycles. The van der Waals surface area contributed by atoms with Gasteiger partial charge in [0, 0.05) is 6.54 Å². The molecule has 0 bridgehead atoms. The van der Waals surface area contributed by atoms with Crippen molar-refractivity contribution in [2.75, 3.05) is 20.2 Å². The molecule has 2 N–H and O–H groups in total. The molecule has 5 heteroatoms. The summed E-state index contributed by atoms with van der Waals surface area (Å²) in [6.45, 7) is 1.45. The number of benzene rings is 1. The third kappa shape index (κ3) is 3.12. The molecular weight excluding hydrogens is 286 g/mol. The average Bonchev–Trinajstić information content (AvgIpc) is 2.34. The Balaban J connectivity index is 2.07. The lowest BCUT2D eigenvalue weighted by molar-refractivity contribution is 0.0158. The molecule has 17 heavy (non-hydrogen) atoms. The van der Waals surface area contributed by atoms with Gasteiger partial charge in [0.2, 0.25) is 0 Å². The van der Waals surface area contributed by atoms with Crippen molar-refractivity contribution in [3.8, 4) is 11.5 Å². The Morgan fingerprint density at radius 2 is 2.29 bits per heavy atom. The average molecular weight is 302 g/mol. The van der Waals surface area contributed by atoms with E-state index in [1.54, 1.807) is 7.11 Å². The van der Waals surface area contributed by atoms with Crippen molar-refractivity contribution < 1.29 is 14.6 Å². The van der Waals surface area contributed by atoms with Gasteiger partial charge < -0.3 is 19.9 Å². The van der Waals surface area contributed by atoms with Crippen LogP contribution in [-0.4, -0.2) is 37.5 Å². The van der Waals surface area contributed by atoms with Crippen LogP contribution in [0.5, 0.6) is 11.5 Å². The van der Waals surface area contributed by atoms with Crippen LogP contribution in [0.15, 0.2) is 22.7 Å². The van der Waals surface area contributed by atoms with E-state index in [2.05, 4.69) is 21.2 Å². The van der Waals surface area contributed by atoms with Gasteiger partial charge in [-0.05, 0) is 47.1 Å². The molecule has 2 atom stereocenters. The van der Waals surface area contributed by atoms with Crippen LogP contribution in [0.1, 0.15) is 6.42 Å². The Morgan fingerprint density at radius 3 is 2.94 bits per heavy atom. The normalized spacial score (nSPS) is 24.4. The highest BCUT2D eigenvalue weighted by atomic mass is 79.9. The quantitative estimate of drug-likeness (QED) is 0.890. The molecule has 0 radical (unpaired) electrons. The van der Waals surface area contributed by atoms with Crippen molar-refractivity contribution in [1.82, 2.24) is 5.32 Å². The van der Waals surface area contributed by atoms with Crippen LogP contribution in [0, 0.1) is 0 Å². The first-order valence-corrected chi connectivity index (χ1v) is 6.39. The SMILES string of the molecule is COc1ccc(O[C@@H]2CCNC[C@H]2O)c(Br)c1. The number of methoxy groups -OCH3 is 1. The zero-order valence-electron chi connectivity index (χ0n) is 9.65. The summed E-state index contributed by atoms with van der Waals surface area (Å²) >= 11 is 3.43. The van der Waals surface area contributed by atoms with Gasteiger partial charge >= 0.3 is 0 Å². The van der Waals surface area contributed by atoms with E-state index in [0.29, 0.717) is 6.54 Å². The van der Waals surface area contributed by atoms with E-state index in [1.165, 1.54) is 0 Å². The molecule has 1 fully saturated rings. The molecule has 0 saturated carbocycles. The van der Waals surface area contributed by atoms with E-state index >= 15 is 0 Å². The van der Waals surface area contributed by atoms with Gasteiger partial charge in [-0.1, -0.05) is 0 Å². The molecule has 1 aromatic rings. The van der Waals surface area contributed by atoms with Gasteiger partial charge in [0.15, 0.2) is 0 Å². The topological polar surface area (TPSA) is 50.7 Å². The molecule has 1 aliphatic rings. The first-order chi connectivity index (χ1) is 8.20. The zero-order valence-corrected chi connectivity index (χ0v) is 11.2. The number of piperidine rings is 1. The van der Waals surface area contributed by atoms with Crippen molar-refractivity contribution >= 4 is 15.9 Å². The van der Waals surface area contributed by atoms with Gasteiger partial charge in [0.05, 0.1) is 11.6 Å². The molecule has 1 heterocycles. The molecule has 1 aromatic carbocycles. The molecule has 94 valence electrons. The van der Waals surface area contributed by atoms with Gasteiger partial charge in [-0.3, -0.25) is 0 Å². The lowest BCUT2D eigenvalue weighted by Gasteiger charge is -2.29. The first-order valence-electron chi connectivity index (χ1n) is 5.59. The van der Waals surface area contributed by atoms with Crippen LogP contribution in [0.2, 0.25) is 0 Å². The van der Waals surface area contributed by atoms with E-state index in [9.17, 15) is 5.11 Å². The maximum atomic E-state index is 9.79. The van der Waals surface area contributed by atoms with E-state index in [1.807, 2.05) is 18.2 Å². The minimum atomic E-state index is -0.460. The molecule has 4 nitrogen and oxygen atoms in total. The minimum absolute atomic E-state index is 0.152. The summed E-state index contributed by atoms with van der Waals surface area (Å²) in [5.41, 5.74) is 0. The monoisotopic (exact) mass is 301 g/mol. The van der Waals surface area contributed by atoms with Gasteiger partial charge in [0.1, 0.15) is 23.7 Å². The van der Waals surface area contributed by atoms with Crippen LogP contribution in [-0.2, 0) is 0 Å². The highest BCUT2D eigenvalue weighted by Crippen LogP contribution is 2.30. The summed E-state index contributed by atoms with van der Waals surface area (Å²) < 4.78 is 11.8. The highest BCUT2D eigenvalue weighted by molar-refractivity contribution is 9.10. The molecule has 1 saturated heterocycles. The van der Waals surface area contributed by atoms with Crippen molar-refractivity contribution in [2.45, 2.75) is 18.6 Å². The predicted octanol–water partition coefficient (Wildman–Crippen LogP) is 1.56. The summed E-state index contributed by atoms with van der Waals surface area (Å²) in [7, 11) is 1.62. The predicted molar refractivity (Wildman–Crippen MR) is 68.6 cm³/mol. The summed E-state index contributed by atoms with van der Waals surface area (Å²) in [5, 5.41) is 12.9. The molecule has 0 unspecified atom stereocenters. The number of hydrogen-bond donors (Lipinski definition) is 2. The number of aliphatic hydroxyl groups excluding tert-OH is 1. The summed E-state index contributed by atoms with van der Waals surface area (Å²) in [6, 6.07) is 5.54. The van der Waals surface area contributed by atoms with Gasteiger partial charge in [-0.2, -0.15) is 0 Å². The fourth-order valence-corrected chi connectivity index (χ4v) is 2.27. The second kappa shape index (κ2) is 5.71. The fourth-order valence-electron chi connectivity index (χ4n) is 1.82. The summed E-state index contributed by atoms with van der Waals surface area (Å²) in [6.07, 6.45) is 0.193. The van der Waals surface area contributed by atoms with Gasteiger partial charge in [0.25, 0.3) is 0 Å². The smallest absolute Gasteiger partial charge is 0.134 e. The third-order valence-electron chi connectivity index (χ3n) is 2.81. The van der Waals surface area contributed by atoms with Crippen LogP contribution in [0.3, 0.4) is 0 Å². The standard InChI is InChI=1S/C12H16BrNO3/c1-16-8-2-3-11(9(13)6-8)17-12-4-5-14-7-10(12)15/h2-3,6,10,12,14-15H,4-5,7H2,1H3/t10-,12-/m1/s1. The molecule has 2 rings (SSSR count). The summed E-state index contributed by atoms with van der Waals surface area (Å²) in [5.74, 6) is 1.51. The second-order valence-electron chi connectivity index (χ2n) is 4.01. The number of nitrogens with one attached hydrogen (secondary N) is 1. The lowest BCUT2D eigenvalue weighted by atomic mass is 10.1. The van der Waals surface area contributed by atoms with Crippen molar-refractivity contribution in [1.29, 1.82) is 0 Å². The number of aliphatic hydroxyl groups is 1. The first kappa shape index (κ1) is 12.7. The Labute approximate surface area is 109 Å². The number of halogens is 1. The fraction of sp³-hybridized carbons (Fsp3) is 0.500. The zero-order chi connectivity index (χ0) is 12.3. The molecule has 0 aliphatic carbocycles. The molecular formula is C12H16BrNO3. The lowest BCUT2D eigenvalue weighted by Crippen LogP contribution is -2.46. The molecule has 0 spiro atoms. The number of β-amino-alcohol motifs (C(OH)–C–C–N with tert-alkyl or cyclic N) is 1. The van der Waals surface area contributed by atoms with Crippen LogP contribution >= 0.6 is 15.9 Å². The van der Waals surface area contributed by atoms with E-state index < -0.39 is 6.10 Å². The molecule has 0 aromatic heterocycles. The minimum Gasteiger partial charge on any atom is -0.497 e. The van der Waals surface area contributed by atoms with Crippen molar-refractivity contribution in [3.05, 3.63) is 22.7 Å². The Hall–Kier alpha value is -0.780. The Bertz CT molecular complexity index is 386. The van der Waals surface area contributed by atoms with E-state index in [-0.39, 0.29) is 6.10 Å². The highest BCUT2D eigenvalue weighted by Gasteiger charge is 2.25. The largest absolute Gasteiger partial charge is 0.497 e. The van der Waals surface area contributed by atoms with Crippen LogP contribution in [0.25, 0.3) is 0 Å². The van der Waals surface area contributed by atoms with E-state index in [4.69, 9.17) is 9.47 Å². The van der Waals surface area contributed by atoms with Crippen molar-refractivity contribution in [3.63, 3.8) is 0 Å². The summed E-state index contributed by atoms with van der Waals surface area (Å²) in [4.78, 5) is 0. The maximum absolute atomic E-state index is 9.79. The number of hydrogen-bond acceptors (Lipinski definition) is 4. The molecule has 0 amide bonds. The number of rotatable bonds is 3. The Morgan fingerprint density at radius 1 is 1.47 bits per heavy atom. The van der Waals surface area contributed by atoms with Crippen LogP contribution in [0.4, 0.5) is 0 Å². The van der Waals surface area contributed by atoms with Gasteiger partial charge in [-0.25, -0.2) is 0 Å². The van der Waals surface area contributed by atoms with Crippen LogP contribution < -0.4 is 14.8 Å².